The summed E-state index contributed by atoms with van der Waals surface area (Å²) in [6, 6.07) is 11.0. The third-order valence-electron chi connectivity index (χ3n) is 3.53. The molecule has 1 fully saturated rings. The van der Waals surface area contributed by atoms with Crippen LogP contribution in [0.5, 0.6) is 0 Å². The first-order valence-corrected chi connectivity index (χ1v) is 7.68. The first kappa shape index (κ1) is 14.1. The Morgan fingerprint density at radius 2 is 2.14 bits per heavy atom. The number of hydrogen-bond donors (Lipinski definition) is 2. The molecule has 3 rings (SSSR count). The van der Waals surface area contributed by atoms with Gasteiger partial charge in [-0.25, -0.2) is 0 Å². The lowest BCUT2D eigenvalue weighted by Gasteiger charge is -2.11. The van der Waals surface area contributed by atoms with Gasteiger partial charge in [0.25, 0.3) is 0 Å². The highest BCUT2D eigenvalue weighted by molar-refractivity contribution is 7.80. The molecule has 2 N–H and O–H groups in total. The summed E-state index contributed by atoms with van der Waals surface area (Å²) < 4.78 is 2.02. The van der Waals surface area contributed by atoms with Crippen LogP contribution in [0.15, 0.2) is 30.3 Å². The summed E-state index contributed by atoms with van der Waals surface area (Å²) in [6.07, 6.45) is 2.44. The molecule has 1 aromatic carbocycles. The van der Waals surface area contributed by atoms with Crippen molar-refractivity contribution < 1.29 is 0 Å². The lowest BCUT2D eigenvalue weighted by atomic mass is 10.2. The Labute approximate surface area is 130 Å². The molecule has 1 saturated carbocycles. The number of thiocarbonyl (C=S) groups is 1. The average Bonchev–Trinajstić information content (AvgIpc) is 3.16. The van der Waals surface area contributed by atoms with Gasteiger partial charge in [0.05, 0.1) is 12.2 Å². The topological polar surface area (TPSA) is 41.9 Å². The Balaban J connectivity index is 1.67. The van der Waals surface area contributed by atoms with Crippen LogP contribution in [-0.4, -0.2) is 20.9 Å². The zero-order valence-corrected chi connectivity index (χ0v) is 13.2. The van der Waals surface area contributed by atoms with E-state index in [0.717, 1.165) is 17.9 Å². The monoisotopic (exact) mass is 300 g/mol. The molecule has 1 aliphatic carbocycles. The zero-order chi connectivity index (χ0) is 14.8. The molecule has 2 aromatic rings. The molecular weight excluding hydrogens is 280 g/mol. The van der Waals surface area contributed by atoms with Gasteiger partial charge in [-0.15, -0.1) is 0 Å². The van der Waals surface area contributed by atoms with Crippen LogP contribution in [0.25, 0.3) is 0 Å². The first-order chi connectivity index (χ1) is 10.1. The highest BCUT2D eigenvalue weighted by Gasteiger charge is 2.21. The van der Waals surface area contributed by atoms with Gasteiger partial charge in [-0.3, -0.25) is 4.68 Å². The summed E-state index contributed by atoms with van der Waals surface area (Å²) in [5, 5.41) is 11.7. The zero-order valence-electron chi connectivity index (χ0n) is 12.4. The van der Waals surface area contributed by atoms with E-state index < -0.39 is 0 Å². The van der Waals surface area contributed by atoms with E-state index >= 15 is 0 Å². The van der Waals surface area contributed by atoms with Crippen molar-refractivity contribution in [1.29, 1.82) is 0 Å². The maximum atomic E-state index is 5.31. The molecule has 1 aliphatic rings. The average molecular weight is 300 g/mol. The van der Waals surface area contributed by atoms with Gasteiger partial charge >= 0.3 is 0 Å². The number of nitrogens with zero attached hydrogens (tertiary/aromatic N) is 2. The molecule has 0 saturated heterocycles. The van der Waals surface area contributed by atoms with Crippen LogP contribution >= 0.6 is 12.2 Å². The highest BCUT2D eigenvalue weighted by atomic mass is 32.1. The summed E-state index contributed by atoms with van der Waals surface area (Å²) in [4.78, 5) is 0. The summed E-state index contributed by atoms with van der Waals surface area (Å²) in [5.74, 6) is 0. The number of nitrogens with one attached hydrogen (secondary N) is 2. The Bertz CT molecular complexity index is 658. The van der Waals surface area contributed by atoms with E-state index in [0.29, 0.717) is 11.2 Å². The minimum Gasteiger partial charge on any atom is -0.360 e. The predicted molar refractivity (Wildman–Crippen MR) is 89.6 cm³/mol. The molecular formula is C16H20N4S. The Kier molecular flexibility index (Phi) is 3.92. The minimum absolute atomic E-state index is 0.572. The first-order valence-electron chi connectivity index (χ1n) is 7.28. The van der Waals surface area contributed by atoms with Gasteiger partial charge in [0.1, 0.15) is 0 Å². The second kappa shape index (κ2) is 5.85. The lowest BCUT2D eigenvalue weighted by Crippen LogP contribution is -2.30. The summed E-state index contributed by atoms with van der Waals surface area (Å²) in [6.45, 7) is 4.87. The van der Waals surface area contributed by atoms with E-state index in [1.807, 2.05) is 23.7 Å². The Morgan fingerprint density at radius 3 is 2.81 bits per heavy atom. The maximum Gasteiger partial charge on any atom is 0.170 e. The molecule has 0 amide bonds. The number of aryl methyl sites for hydroxylation is 2. The van der Waals surface area contributed by atoms with Gasteiger partial charge in [-0.1, -0.05) is 12.1 Å². The standard InChI is InChI=1S/C16H20N4S/c1-11-8-12(2)20(19-11)10-13-4-3-5-15(9-13)18-16(21)17-14-6-7-14/h3-5,8-9,14H,6-7,10H2,1-2H3,(H2,17,18,21). The van der Waals surface area contributed by atoms with Gasteiger partial charge in [-0.2, -0.15) is 5.10 Å². The normalized spacial score (nSPS) is 14.0. The van der Waals surface area contributed by atoms with Crippen LogP contribution in [0.3, 0.4) is 0 Å². The molecule has 0 spiro atoms. The largest absolute Gasteiger partial charge is 0.360 e. The molecule has 1 heterocycles. The molecule has 0 bridgehead atoms. The van der Waals surface area contributed by atoms with Crippen LogP contribution < -0.4 is 10.6 Å². The van der Waals surface area contributed by atoms with Gasteiger partial charge in [0.2, 0.25) is 0 Å². The molecule has 21 heavy (non-hydrogen) atoms. The van der Waals surface area contributed by atoms with Gasteiger partial charge < -0.3 is 10.6 Å². The van der Waals surface area contributed by atoms with Gasteiger partial charge in [0, 0.05) is 17.4 Å². The van der Waals surface area contributed by atoms with Crippen molar-refractivity contribution in [3.8, 4) is 0 Å². The summed E-state index contributed by atoms with van der Waals surface area (Å²) >= 11 is 5.31. The summed E-state index contributed by atoms with van der Waals surface area (Å²) in [5.41, 5.74) is 4.46. The quantitative estimate of drug-likeness (QED) is 0.852. The second-order valence-corrected chi connectivity index (χ2v) is 6.07. The number of aromatic nitrogens is 2. The SMILES string of the molecule is Cc1cc(C)n(Cc2cccc(NC(=S)NC3CC3)c2)n1. The number of anilines is 1. The third-order valence-corrected chi connectivity index (χ3v) is 3.75. The van der Waals surface area contributed by atoms with Crippen LogP contribution in [0.1, 0.15) is 29.8 Å². The third kappa shape index (κ3) is 3.82. The fourth-order valence-electron chi connectivity index (χ4n) is 2.34. The number of benzene rings is 1. The van der Waals surface area contributed by atoms with Crippen molar-refractivity contribution in [3.63, 3.8) is 0 Å². The fourth-order valence-corrected chi connectivity index (χ4v) is 2.62. The van der Waals surface area contributed by atoms with Crippen LogP contribution in [0.2, 0.25) is 0 Å². The van der Waals surface area contributed by atoms with Crippen LogP contribution in [0.4, 0.5) is 5.69 Å². The Hall–Kier alpha value is -1.88. The summed E-state index contributed by atoms with van der Waals surface area (Å²) in [7, 11) is 0. The van der Waals surface area contributed by atoms with Crippen molar-refractivity contribution in [1.82, 2.24) is 15.1 Å². The van der Waals surface area contributed by atoms with Crippen molar-refractivity contribution in [3.05, 3.63) is 47.3 Å². The van der Waals surface area contributed by atoms with Crippen molar-refractivity contribution >= 4 is 23.0 Å². The maximum absolute atomic E-state index is 5.31. The van der Waals surface area contributed by atoms with Crippen LogP contribution in [-0.2, 0) is 6.54 Å². The molecule has 4 nitrogen and oxygen atoms in total. The molecule has 5 heteroatoms. The molecule has 0 aliphatic heterocycles. The Morgan fingerprint density at radius 1 is 1.33 bits per heavy atom. The fraction of sp³-hybridized carbons (Fsp3) is 0.375. The van der Waals surface area contributed by atoms with E-state index in [4.69, 9.17) is 12.2 Å². The van der Waals surface area contributed by atoms with E-state index in [1.54, 1.807) is 0 Å². The number of hydrogen-bond acceptors (Lipinski definition) is 2. The van der Waals surface area contributed by atoms with Gasteiger partial charge in [0.15, 0.2) is 5.11 Å². The van der Waals surface area contributed by atoms with E-state index in [9.17, 15) is 0 Å². The van der Waals surface area contributed by atoms with Crippen molar-refractivity contribution in [2.24, 2.45) is 0 Å². The highest BCUT2D eigenvalue weighted by Crippen LogP contribution is 2.19. The van der Waals surface area contributed by atoms with E-state index in [-0.39, 0.29) is 0 Å². The minimum atomic E-state index is 0.572. The van der Waals surface area contributed by atoms with Gasteiger partial charge in [-0.05, 0) is 62.7 Å². The number of rotatable bonds is 4. The molecule has 0 unspecified atom stereocenters. The van der Waals surface area contributed by atoms with E-state index in [2.05, 4.69) is 40.9 Å². The van der Waals surface area contributed by atoms with Crippen LogP contribution in [0, 0.1) is 13.8 Å². The van der Waals surface area contributed by atoms with Crippen molar-refractivity contribution in [2.45, 2.75) is 39.3 Å². The predicted octanol–water partition coefficient (Wildman–Crippen LogP) is 3.00. The lowest BCUT2D eigenvalue weighted by molar-refractivity contribution is 0.659. The smallest absolute Gasteiger partial charge is 0.170 e. The second-order valence-electron chi connectivity index (χ2n) is 5.66. The molecule has 110 valence electrons. The molecule has 0 radical (unpaired) electrons. The molecule has 0 atom stereocenters. The van der Waals surface area contributed by atoms with Crippen molar-refractivity contribution in [2.75, 3.05) is 5.32 Å². The van der Waals surface area contributed by atoms with E-state index in [1.165, 1.54) is 24.1 Å². The molecule has 1 aromatic heterocycles.